The lowest BCUT2D eigenvalue weighted by Crippen LogP contribution is -2.49. The Bertz CT molecular complexity index is 347. The van der Waals surface area contributed by atoms with Gasteiger partial charge in [-0.25, -0.2) is 4.79 Å². The first-order valence-corrected chi connectivity index (χ1v) is 7.04. The van der Waals surface area contributed by atoms with Crippen LogP contribution in [0.2, 0.25) is 0 Å². The second-order valence-electron chi connectivity index (χ2n) is 5.42. The van der Waals surface area contributed by atoms with E-state index in [2.05, 4.69) is 5.32 Å². The molecule has 1 saturated heterocycles. The van der Waals surface area contributed by atoms with Gasteiger partial charge in [-0.3, -0.25) is 4.79 Å². The van der Waals surface area contributed by atoms with E-state index in [0.717, 1.165) is 25.7 Å². The van der Waals surface area contributed by atoms with Crippen molar-refractivity contribution in [3.63, 3.8) is 0 Å². The van der Waals surface area contributed by atoms with Gasteiger partial charge in [0.25, 0.3) is 0 Å². The first-order chi connectivity index (χ1) is 9.11. The van der Waals surface area contributed by atoms with Crippen molar-refractivity contribution in [2.75, 3.05) is 26.2 Å². The smallest absolute Gasteiger partial charge is 0.409 e. The quantitative estimate of drug-likeness (QED) is 0.776. The van der Waals surface area contributed by atoms with E-state index in [9.17, 15) is 9.59 Å². The number of ether oxygens (including phenoxy) is 1. The SMILES string of the molecule is CCOC(=O)N1CCC(NC(=O)C2(CN)CC2)CC1. The number of hydrogen-bond acceptors (Lipinski definition) is 4. The molecule has 0 spiro atoms. The van der Waals surface area contributed by atoms with Crippen LogP contribution in [-0.4, -0.2) is 49.2 Å². The van der Waals surface area contributed by atoms with E-state index < -0.39 is 0 Å². The molecule has 0 aromatic heterocycles. The van der Waals surface area contributed by atoms with Gasteiger partial charge in [-0.15, -0.1) is 0 Å². The van der Waals surface area contributed by atoms with Crippen LogP contribution in [0, 0.1) is 5.41 Å². The lowest BCUT2D eigenvalue weighted by atomic mass is 10.0. The van der Waals surface area contributed by atoms with Crippen LogP contribution >= 0.6 is 0 Å². The molecular formula is C13H23N3O3. The molecule has 0 radical (unpaired) electrons. The van der Waals surface area contributed by atoms with Gasteiger partial charge in [0, 0.05) is 25.7 Å². The van der Waals surface area contributed by atoms with Crippen LogP contribution in [0.15, 0.2) is 0 Å². The summed E-state index contributed by atoms with van der Waals surface area (Å²) in [4.78, 5) is 25.3. The maximum atomic E-state index is 12.0. The number of hydrogen-bond donors (Lipinski definition) is 2. The Kier molecular flexibility index (Phi) is 4.29. The van der Waals surface area contributed by atoms with Gasteiger partial charge in [0.15, 0.2) is 0 Å². The summed E-state index contributed by atoms with van der Waals surface area (Å²) in [6.07, 6.45) is 3.11. The number of likely N-dealkylation sites (tertiary alicyclic amines) is 1. The standard InChI is InChI=1S/C13H23N3O3/c1-2-19-12(18)16-7-3-10(4-8-16)15-11(17)13(9-14)5-6-13/h10H,2-9,14H2,1H3,(H,15,17). The lowest BCUT2D eigenvalue weighted by Gasteiger charge is -2.32. The van der Waals surface area contributed by atoms with Gasteiger partial charge in [0.1, 0.15) is 0 Å². The maximum absolute atomic E-state index is 12.0. The zero-order chi connectivity index (χ0) is 13.9. The Labute approximate surface area is 113 Å². The van der Waals surface area contributed by atoms with Gasteiger partial charge in [0.05, 0.1) is 12.0 Å². The van der Waals surface area contributed by atoms with Crippen molar-refractivity contribution in [2.45, 2.75) is 38.6 Å². The maximum Gasteiger partial charge on any atom is 0.409 e. The van der Waals surface area contributed by atoms with Crippen molar-refractivity contribution in [3.8, 4) is 0 Å². The zero-order valence-corrected chi connectivity index (χ0v) is 11.5. The van der Waals surface area contributed by atoms with Crippen molar-refractivity contribution in [1.82, 2.24) is 10.2 Å². The molecule has 0 unspecified atom stereocenters. The molecule has 2 amide bonds. The highest BCUT2D eigenvalue weighted by Gasteiger charge is 2.49. The fourth-order valence-electron chi connectivity index (χ4n) is 2.43. The molecule has 1 aliphatic heterocycles. The molecular weight excluding hydrogens is 246 g/mol. The second-order valence-corrected chi connectivity index (χ2v) is 5.42. The molecule has 6 heteroatoms. The fraction of sp³-hybridized carbons (Fsp3) is 0.846. The van der Waals surface area contributed by atoms with Gasteiger partial charge in [-0.1, -0.05) is 0 Å². The number of nitrogens with zero attached hydrogens (tertiary/aromatic N) is 1. The van der Waals surface area contributed by atoms with Crippen molar-refractivity contribution < 1.29 is 14.3 Å². The molecule has 1 saturated carbocycles. The summed E-state index contributed by atoms with van der Waals surface area (Å²) < 4.78 is 4.96. The van der Waals surface area contributed by atoms with Gasteiger partial charge >= 0.3 is 6.09 Å². The summed E-state index contributed by atoms with van der Waals surface area (Å²) in [5.41, 5.74) is 5.35. The Balaban J connectivity index is 1.74. The third kappa shape index (κ3) is 3.18. The molecule has 0 atom stereocenters. The van der Waals surface area contributed by atoms with Crippen LogP contribution in [0.5, 0.6) is 0 Å². The molecule has 2 fully saturated rings. The highest BCUT2D eigenvalue weighted by molar-refractivity contribution is 5.85. The summed E-state index contributed by atoms with van der Waals surface area (Å²) in [6.45, 7) is 3.90. The first-order valence-electron chi connectivity index (χ1n) is 7.04. The number of carbonyl (C=O) groups is 2. The van der Waals surface area contributed by atoms with Crippen LogP contribution < -0.4 is 11.1 Å². The number of nitrogens with one attached hydrogen (secondary N) is 1. The Hall–Kier alpha value is -1.30. The summed E-state index contributed by atoms with van der Waals surface area (Å²) in [5, 5.41) is 3.07. The highest BCUT2D eigenvalue weighted by Crippen LogP contribution is 2.44. The van der Waals surface area contributed by atoms with Gasteiger partial charge in [0.2, 0.25) is 5.91 Å². The van der Waals surface area contributed by atoms with Crippen LogP contribution in [0.4, 0.5) is 4.79 Å². The van der Waals surface area contributed by atoms with Crippen LogP contribution in [0.3, 0.4) is 0 Å². The predicted molar refractivity (Wildman–Crippen MR) is 70.5 cm³/mol. The largest absolute Gasteiger partial charge is 0.450 e. The van der Waals surface area contributed by atoms with E-state index in [1.165, 1.54) is 0 Å². The highest BCUT2D eigenvalue weighted by atomic mass is 16.6. The Morgan fingerprint density at radius 1 is 1.37 bits per heavy atom. The minimum Gasteiger partial charge on any atom is -0.450 e. The molecule has 1 heterocycles. The van der Waals surface area contributed by atoms with E-state index in [0.29, 0.717) is 26.2 Å². The first kappa shape index (κ1) is 14.1. The van der Waals surface area contributed by atoms with E-state index in [1.54, 1.807) is 11.8 Å². The third-order valence-electron chi connectivity index (χ3n) is 4.08. The summed E-state index contributed by atoms with van der Waals surface area (Å²) in [7, 11) is 0. The zero-order valence-electron chi connectivity index (χ0n) is 11.5. The molecule has 6 nitrogen and oxygen atoms in total. The molecule has 2 rings (SSSR count). The number of piperidine rings is 1. The molecule has 1 aliphatic carbocycles. The number of nitrogens with two attached hydrogens (primary N) is 1. The molecule has 0 bridgehead atoms. The molecule has 3 N–H and O–H groups in total. The molecule has 0 aromatic carbocycles. The second kappa shape index (κ2) is 5.77. The number of rotatable bonds is 4. The average Bonchev–Trinajstić information content (AvgIpc) is 3.21. The molecule has 19 heavy (non-hydrogen) atoms. The number of amides is 2. The average molecular weight is 269 g/mol. The number of carbonyl (C=O) groups excluding carboxylic acids is 2. The lowest BCUT2D eigenvalue weighted by molar-refractivity contribution is -0.127. The minimum absolute atomic E-state index is 0.0876. The predicted octanol–water partition coefficient (Wildman–Crippen LogP) is 0.462. The van der Waals surface area contributed by atoms with Crippen molar-refractivity contribution >= 4 is 12.0 Å². The normalized spacial score (nSPS) is 21.9. The van der Waals surface area contributed by atoms with E-state index >= 15 is 0 Å². The minimum atomic E-state index is -0.293. The monoisotopic (exact) mass is 269 g/mol. The Morgan fingerprint density at radius 3 is 2.47 bits per heavy atom. The van der Waals surface area contributed by atoms with Gasteiger partial charge in [-0.05, 0) is 32.6 Å². The van der Waals surface area contributed by atoms with E-state index in [4.69, 9.17) is 10.5 Å². The molecule has 0 aromatic rings. The van der Waals surface area contributed by atoms with Crippen LogP contribution in [0.25, 0.3) is 0 Å². The molecule has 2 aliphatic rings. The van der Waals surface area contributed by atoms with Crippen LogP contribution in [0.1, 0.15) is 32.6 Å². The van der Waals surface area contributed by atoms with Crippen molar-refractivity contribution in [1.29, 1.82) is 0 Å². The van der Waals surface area contributed by atoms with Gasteiger partial charge in [-0.2, -0.15) is 0 Å². The van der Waals surface area contributed by atoms with E-state index in [-0.39, 0.29) is 23.5 Å². The summed E-state index contributed by atoms with van der Waals surface area (Å²) in [6, 6.07) is 0.155. The summed E-state index contributed by atoms with van der Waals surface area (Å²) in [5.74, 6) is 0.0876. The van der Waals surface area contributed by atoms with Gasteiger partial charge < -0.3 is 20.7 Å². The topological polar surface area (TPSA) is 84.7 Å². The van der Waals surface area contributed by atoms with Crippen molar-refractivity contribution in [2.24, 2.45) is 11.1 Å². The fourth-order valence-corrected chi connectivity index (χ4v) is 2.43. The molecule has 108 valence electrons. The summed E-state index contributed by atoms with van der Waals surface area (Å²) >= 11 is 0. The Morgan fingerprint density at radius 2 is 2.00 bits per heavy atom. The van der Waals surface area contributed by atoms with Crippen molar-refractivity contribution in [3.05, 3.63) is 0 Å². The van der Waals surface area contributed by atoms with Crippen LogP contribution in [-0.2, 0) is 9.53 Å². The third-order valence-corrected chi connectivity index (χ3v) is 4.08. The van der Waals surface area contributed by atoms with E-state index in [1.807, 2.05) is 0 Å².